The lowest BCUT2D eigenvalue weighted by Crippen LogP contribution is -2.32. The molecule has 1 aromatic heterocycles. The second-order valence-electron chi connectivity index (χ2n) is 5.41. The summed E-state index contributed by atoms with van der Waals surface area (Å²) >= 11 is 0. The van der Waals surface area contributed by atoms with E-state index < -0.39 is 0 Å². The van der Waals surface area contributed by atoms with E-state index in [4.69, 9.17) is 4.98 Å². The number of hydrogen-bond donors (Lipinski definition) is 0. The highest BCUT2D eigenvalue weighted by atomic mass is 15.3. The van der Waals surface area contributed by atoms with E-state index in [1.165, 1.54) is 32.1 Å². The first-order valence-corrected chi connectivity index (χ1v) is 7.18. The van der Waals surface area contributed by atoms with Crippen molar-refractivity contribution in [3.8, 4) is 0 Å². The summed E-state index contributed by atoms with van der Waals surface area (Å²) in [7, 11) is 0. The van der Waals surface area contributed by atoms with Crippen LogP contribution in [-0.2, 0) is 0 Å². The van der Waals surface area contributed by atoms with E-state index in [0.717, 1.165) is 43.6 Å². The van der Waals surface area contributed by atoms with Crippen LogP contribution in [-0.4, -0.2) is 36.1 Å². The van der Waals surface area contributed by atoms with Crippen molar-refractivity contribution >= 4 is 11.8 Å². The number of piperidine rings is 1. The topological polar surface area (TPSA) is 32.3 Å². The monoisotopic (exact) mass is 246 g/mol. The lowest BCUT2D eigenvalue weighted by molar-refractivity contribution is 0.567. The Morgan fingerprint density at radius 1 is 0.833 bits per heavy atom. The molecule has 2 aliphatic rings. The first kappa shape index (κ1) is 11.8. The van der Waals surface area contributed by atoms with Crippen molar-refractivity contribution in [1.29, 1.82) is 0 Å². The van der Waals surface area contributed by atoms with Crippen LogP contribution >= 0.6 is 0 Å². The number of aromatic nitrogens is 2. The zero-order chi connectivity index (χ0) is 12.4. The number of aryl methyl sites for hydroxylation is 1. The van der Waals surface area contributed by atoms with Crippen molar-refractivity contribution < 1.29 is 0 Å². The Labute approximate surface area is 109 Å². The largest absolute Gasteiger partial charge is 0.356 e. The molecule has 0 atom stereocenters. The summed E-state index contributed by atoms with van der Waals surface area (Å²) in [6, 6.07) is 2.12. The fraction of sp³-hybridized carbons (Fsp3) is 0.714. The summed E-state index contributed by atoms with van der Waals surface area (Å²) in [6.45, 7) is 6.60. The molecule has 1 aromatic rings. The van der Waals surface area contributed by atoms with E-state index in [1.54, 1.807) is 0 Å². The van der Waals surface area contributed by atoms with E-state index in [9.17, 15) is 0 Å². The fourth-order valence-electron chi connectivity index (χ4n) is 2.88. The van der Waals surface area contributed by atoms with Crippen molar-refractivity contribution in [1.82, 2.24) is 9.97 Å². The molecular formula is C14H22N4. The van der Waals surface area contributed by atoms with E-state index in [1.807, 2.05) is 0 Å². The fourth-order valence-corrected chi connectivity index (χ4v) is 2.88. The van der Waals surface area contributed by atoms with E-state index in [0.29, 0.717) is 0 Å². The molecule has 0 spiro atoms. The quantitative estimate of drug-likeness (QED) is 0.802. The Morgan fingerprint density at radius 2 is 1.44 bits per heavy atom. The highest BCUT2D eigenvalue weighted by Crippen LogP contribution is 2.23. The molecule has 0 aromatic carbocycles. The summed E-state index contributed by atoms with van der Waals surface area (Å²) in [5, 5.41) is 0. The van der Waals surface area contributed by atoms with E-state index >= 15 is 0 Å². The highest BCUT2D eigenvalue weighted by Gasteiger charge is 2.18. The normalized spacial score (nSPS) is 20.5. The maximum atomic E-state index is 4.78. The van der Waals surface area contributed by atoms with Gasteiger partial charge < -0.3 is 9.80 Å². The molecule has 4 nitrogen and oxygen atoms in total. The second kappa shape index (κ2) is 5.12. The molecule has 2 aliphatic heterocycles. The van der Waals surface area contributed by atoms with Gasteiger partial charge in [-0.2, -0.15) is 4.98 Å². The van der Waals surface area contributed by atoms with Crippen molar-refractivity contribution in [2.24, 2.45) is 0 Å². The van der Waals surface area contributed by atoms with E-state index in [2.05, 4.69) is 27.8 Å². The van der Waals surface area contributed by atoms with Crippen LogP contribution < -0.4 is 9.80 Å². The molecule has 0 radical (unpaired) electrons. The first-order chi connectivity index (χ1) is 8.83. The molecule has 98 valence electrons. The molecule has 0 saturated carbocycles. The molecule has 0 N–H and O–H groups in total. The zero-order valence-corrected chi connectivity index (χ0v) is 11.2. The third-order valence-electron chi connectivity index (χ3n) is 3.90. The van der Waals surface area contributed by atoms with Gasteiger partial charge in [0.25, 0.3) is 0 Å². The molecular weight excluding hydrogens is 224 g/mol. The standard InChI is InChI=1S/C14H22N4/c1-12-11-13(17-7-5-6-8-17)16-14(15-12)18-9-3-2-4-10-18/h11H,2-10H2,1H3. The van der Waals surface area contributed by atoms with Gasteiger partial charge in [0, 0.05) is 37.9 Å². The molecule has 3 heterocycles. The molecule has 0 aliphatic carbocycles. The smallest absolute Gasteiger partial charge is 0.227 e. The molecule has 18 heavy (non-hydrogen) atoms. The molecule has 3 rings (SSSR count). The Balaban J connectivity index is 1.84. The lowest BCUT2D eigenvalue weighted by Gasteiger charge is -2.28. The van der Waals surface area contributed by atoms with Crippen molar-refractivity contribution in [2.45, 2.75) is 39.0 Å². The van der Waals surface area contributed by atoms with Crippen LogP contribution in [0, 0.1) is 6.92 Å². The Kier molecular flexibility index (Phi) is 3.35. The number of hydrogen-bond acceptors (Lipinski definition) is 4. The summed E-state index contributed by atoms with van der Waals surface area (Å²) in [5.74, 6) is 2.07. The van der Waals surface area contributed by atoms with Gasteiger partial charge in [-0.25, -0.2) is 4.98 Å². The SMILES string of the molecule is Cc1cc(N2CCCC2)nc(N2CCCCC2)n1. The molecule has 0 bridgehead atoms. The van der Waals surface area contributed by atoms with Crippen LogP contribution in [0.15, 0.2) is 6.07 Å². The molecule has 4 heteroatoms. The van der Waals surface area contributed by atoms with Crippen LogP contribution in [0.25, 0.3) is 0 Å². The maximum Gasteiger partial charge on any atom is 0.227 e. The third kappa shape index (κ3) is 2.42. The minimum absolute atomic E-state index is 0.941. The zero-order valence-electron chi connectivity index (χ0n) is 11.2. The number of rotatable bonds is 2. The van der Waals surface area contributed by atoms with Gasteiger partial charge in [0.1, 0.15) is 5.82 Å². The van der Waals surface area contributed by atoms with Gasteiger partial charge in [0.15, 0.2) is 0 Å². The Hall–Kier alpha value is -1.32. The molecule has 0 amide bonds. The van der Waals surface area contributed by atoms with E-state index in [-0.39, 0.29) is 0 Å². The van der Waals surface area contributed by atoms with Gasteiger partial charge in [-0.15, -0.1) is 0 Å². The van der Waals surface area contributed by atoms with Crippen molar-refractivity contribution in [3.05, 3.63) is 11.8 Å². The van der Waals surface area contributed by atoms with Crippen LogP contribution in [0.5, 0.6) is 0 Å². The van der Waals surface area contributed by atoms with Gasteiger partial charge in [0.05, 0.1) is 0 Å². The summed E-state index contributed by atoms with van der Waals surface area (Å²) in [5.41, 5.74) is 1.09. The first-order valence-electron chi connectivity index (χ1n) is 7.18. The van der Waals surface area contributed by atoms with Crippen molar-refractivity contribution in [2.75, 3.05) is 36.0 Å². The van der Waals surface area contributed by atoms with Crippen LogP contribution in [0.4, 0.5) is 11.8 Å². The minimum Gasteiger partial charge on any atom is -0.356 e. The number of anilines is 2. The predicted octanol–water partition coefficient (Wildman–Crippen LogP) is 2.38. The average molecular weight is 246 g/mol. The van der Waals surface area contributed by atoms with Crippen LogP contribution in [0.3, 0.4) is 0 Å². The van der Waals surface area contributed by atoms with Gasteiger partial charge in [0.2, 0.25) is 5.95 Å². The minimum atomic E-state index is 0.941. The van der Waals surface area contributed by atoms with Gasteiger partial charge in [-0.1, -0.05) is 0 Å². The predicted molar refractivity (Wildman–Crippen MR) is 74.3 cm³/mol. The third-order valence-corrected chi connectivity index (χ3v) is 3.90. The van der Waals surface area contributed by atoms with Gasteiger partial charge in [-0.05, 0) is 39.0 Å². The summed E-state index contributed by atoms with van der Waals surface area (Å²) in [6.07, 6.45) is 6.48. The molecule has 0 unspecified atom stereocenters. The second-order valence-corrected chi connectivity index (χ2v) is 5.41. The van der Waals surface area contributed by atoms with Crippen LogP contribution in [0.1, 0.15) is 37.8 Å². The summed E-state index contributed by atoms with van der Waals surface area (Å²) in [4.78, 5) is 14.1. The molecule has 2 fully saturated rings. The van der Waals surface area contributed by atoms with Crippen LogP contribution in [0.2, 0.25) is 0 Å². The number of nitrogens with zero attached hydrogens (tertiary/aromatic N) is 4. The van der Waals surface area contributed by atoms with Crippen molar-refractivity contribution in [3.63, 3.8) is 0 Å². The Morgan fingerprint density at radius 3 is 2.17 bits per heavy atom. The lowest BCUT2D eigenvalue weighted by atomic mass is 10.1. The summed E-state index contributed by atoms with van der Waals surface area (Å²) < 4.78 is 0. The maximum absolute atomic E-state index is 4.78. The Bertz CT molecular complexity index is 406. The highest BCUT2D eigenvalue weighted by molar-refractivity contribution is 5.46. The molecule has 2 saturated heterocycles. The van der Waals surface area contributed by atoms with Gasteiger partial charge >= 0.3 is 0 Å². The average Bonchev–Trinajstić information content (AvgIpc) is 2.93. The van der Waals surface area contributed by atoms with Gasteiger partial charge in [-0.3, -0.25) is 0 Å².